The molecule has 4 rings (SSSR count). The molecule has 0 aliphatic carbocycles. The number of amides is 1. The zero-order chi connectivity index (χ0) is 23.5. The third-order valence-electron chi connectivity index (χ3n) is 6.56. The van der Waals surface area contributed by atoms with Gasteiger partial charge in [0.1, 0.15) is 24.5 Å². The van der Waals surface area contributed by atoms with Gasteiger partial charge in [-0.1, -0.05) is 18.2 Å². The van der Waals surface area contributed by atoms with Crippen LogP contribution in [-0.4, -0.2) is 79.5 Å². The Hall–Kier alpha value is -2.81. The number of hydrogen-bond donors (Lipinski definition) is 2. The number of benzene rings is 2. The number of fused-ring (bicyclic) bond motifs is 1. The Balaban J connectivity index is 1.35. The van der Waals surface area contributed by atoms with Crippen molar-refractivity contribution in [2.24, 2.45) is 5.73 Å². The summed E-state index contributed by atoms with van der Waals surface area (Å²) in [5.74, 6) is 1.57. The third-order valence-corrected chi connectivity index (χ3v) is 6.56. The molecule has 0 radical (unpaired) electrons. The van der Waals surface area contributed by atoms with Gasteiger partial charge >= 0.3 is 0 Å². The van der Waals surface area contributed by atoms with E-state index in [1.54, 1.807) is 19.2 Å². The summed E-state index contributed by atoms with van der Waals surface area (Å²) in [5.41, 5.74) is 8.98. The molecule has 0 saturated carbocycles. The Labute approximate surface area is 194 Å². The molecular weight excluding hydrogens is 422 g/mol. The van der Waals surface area contributed by atoms with Crippen molar-refractivity contribution in [3.63, 3.8) is 0 Å². The first-order chi connectivity index (χ1) is 15.9. The number of aliphatic hydroxyl groups is 1. The summed E-state index contributed by atoms with van der Waals surface area (Å²) in [7, 11) is 1.60. The van der Waals surface area contributed by atoms with Crippen LogP contribution in [0.2, 0.25) is 0 Å². The highest BCUT2D eigenvalue weighted by Gasteiger charge is 2.33. The second-order valence-corrected chi connectivity index (χ2v) is 8.79. The maximum atomic E-state index is 12.4. The number of rotatable bonds is 7. The Kier molecular flexibility index (Phi) is 7.07. The van der Waals surface area contributed by atoms with Crippen LogP contribution in [0.3, 0.4) is 0 Å². The second-order valence-electron chi connectivity index (χ2n) is 8.79. The van der Waals surface area contributed by atoms with Crippen molar-refractivity contribution in [3.8, 4) is 17.2 Å². The lowest BCUT2D eigenvalue weighted by molar-refractivity contribution is -0.124. The van der Waals surface area contributed by atoms with E-state index in [1.165, 1.54) is 0 Å². The largest absolute Gasteiger partial charge is 0.497 e. The standard InChI is InChI=1S/C25H33N3O5/c1-16-5-4-6-17(2)23(16)24(25(26)30)28-11-9-27(10-12-28)14-19(29)22-15-32-20-8-7-18(31-3)13-21(20)33-22/h4-8,13,19,22,24,29H,9-12,14-15H2,1-3H3,(H2,26,30). The van der Waals surface area contributed by atoms with Crippen LogP contribution in [0.1, 0.15) is 22.7 Å². The summed E-state index contributed by atoms with van der Waals surface area (Å²) < 4.78 is 17.0. The number of piperazine rings is 1. The Morgan fingerprint density at radius 3 is 2.48 bits per heavy atom. The predicted molar refractivity (Wildman–Crippen MR) is 125 cm³/mol. The summed E-state index contributed by atoms with van der Waals surface area (Å²) in [6, 6.07) is 11.0. The van der Waals surface area contributed by atoms with Crippen molar-refractivity contribution in [2.45, 2.75) is 32.1 Å². The highest BCUT2D eigenvalue weighted by atomic mass is 16.6. The van der Waals surface area contributed by atoms with Gasteiger partial charge in [-0.3, -0.25) is 14.6 Å². The van der Waals surface area contributed by atoms with E-state index in [0.717, 1.165) is 29.8 Å². The van der Waals surface area contributed by atoms with E-state index in [-0.39, 0.29) is 12.5 Å². The molecule has 33 heavy (non-hydrogen) atoms. The van der Waals surface area contributed by atoms with Crippen LogP contribution in [0.4, 0.5) is 0 Å². The fraction of sp³-hybridized carbons (Fsp3) is 0.480. The van der Waals surface area contributed by atoms with Crippen LogP contribution >= 0.6 is 0 Å². The highest BCUT2D eigenvalue weighted by Crippen LogP contribution is 2.35. The van der Waals surface area contributed by atoms with E-state index < -0.39 is 18.2 Å². The maximum Gasteiger partial charge on any atom is 0.239 e. The normalized spacial score (nSPS) is 20.8. The van der Waals surface area contributed by atoms with E-state index in [4.69, 9.17) is 19.9 Å². The molecule has 2 aliphatic heterocycles. The fourth-order valence-corrected chi connectivity index (χ4v) is 4.73. The lowest BCUT2D eigenvalue weighted by Crippen LogP contribution is -2.54. The molecule has 1 amide bonds. The fourth-order valence-electron chi connectivity index (χ4n) is 4.73. The van der Waals surface area contributed by atoms with E-state index in [9.17, 15) is 9.90 Å². The number of β-amino-alcohol motifs (C(OH)–C–C–N with tert-alkyl or cyclic N) is 1. The molecular formula is C25H33N3O5. The quantitative estimate of drug-likeness (QED) is 0.655. The summed E-state index contributed by atoms with van der Waals surface area (Å²) >= 11 is 0. The van der Waals surface area contributed by atoms with Gasteiger partial charge in [-0.15, -0.1) is 0 Å². The van der Waals surface area contributed by atoms with Gasteiger partial charge in [-0.25, -0.2) is 0 Å². The van der Waals surface area contributed by atoms with Crippen LogP contribution < -0.4 is 19.9 Å². The number of primary amides is 1. The van der Waals surface area contributed by atoms with Crippen LogP contribution in [0, 0.1) is 13.8 Å². The van der Waals surface area contributed by atoms with E-state index in [1.807, 2.05) is 38.1 Å². The van der Waals surface area contributed by atoms with Gasteiger partial charge in [0.15, 0.2) is 17.6 Å². The van der Waals surface area contributed by atoms with Crippen LogP contribution in [0.25, 0.3) is 0 Å². The minimum Gasteiger partial charge on any atom is -0.497 e. The number of nitrogens with zero attached hydrogens (tertiary/aromatic N) is 2. The summed E-state index contributed by atoms with van der Waals surface area (Å²) in [4.78, 5) is 16.7. The van der Waals surface area contributed by atoms with Crippen molar-refractivity contribution in [1.82, 2.24) is 9.80 Å². The van der Waals surface area contributed by atoms with Crippen molar-refractivity contribution in [1.29, 1.82) is 0 Å². The molecule has 178 valence electrons. The second kappa shape index (κ2) is 9.99. The first-order valence-electron chi connectivity index (χ1n) is 11.3. The van der Waals surface area contributed by atoms with E-state index >= 15 is 0 Å². The first kappa shape index (κ1) is 23.4. The molecule has 3 N–H and O–H groups in total. The average Bonchev–Trinajstić information content (AvgIpc) is 2.81. The lowest BCUT2D eigenvalue weighted by Gasteiger charge is -2.40. The Bertz CT molecular complexity index is 970. The molecule has 3 unspecified atom stereocenters. The van der Waals surface area contributed by atoms with Crippen molar-refractivity contribution in [2.75, 3.05) is 46.4 Å². The van der Waals surface area contributed by atoms with Crippen LogP contribution in [-0.2, 0) is 4.79 Å². The molecule has 2 aliphatic rings. The number of aryl methyl sites for hydroxylation is 2. The molecule has 8 nitrogen and oxygen atoms in total. The number of methoxy groups -OCH3 is 1. The number of aliphatic hydroxyl groups excluding tert-OH is 1. The number of carbonyl (C=O) groups is 1. The number of nitrogens with two attached hydrogens (primary N) is 1. The smallest absolute Gasteiger partial charge is 0.239 e. The lowest BCUT2D eigenvalue weighted by atomic mass is 9.94. The number of carbonyl (C=O) groups excluding carboxylic acids is 1. The Morgan fingerprint density at radius 2 is 1.85 bits per heavy atom. The predicted octanol–water partition coefficient (Wildman–Crippen LogP) is 1.66. The topological polar surface area (TPSA) is 97.5 Å². The Morgan fingerprint density at radius 1 is 1.15 bits per heavy atom. The molecule has 1 fully saturated rings. The monoisotopic (exact) mass is 455 g/mol. The van der Waals surface area contributed by atoms with Crippen LogP contribution in [0.5, 0.6) is 17.2 Å². The highest BCUT2D eigenvalue weighted by molar-refractivity contribution is 5.82. The molecule has 0 bridgehead atoms. The van der Waals surface area contributed by atoms with Gasteiger partial charge < -0.3 is 25.1 Å². The first-order valence-corrected chi connectivity index (χ1v) is 11.3. The van der Waals surface area contributed by atoms with Gasteiger partial charge in [-0.2, -0.15) is 0 Å². The van der Waals surface area contributed by atoms with Gasteiger partial charge in [0.2, 0.25) is 5.91 Å². The molecule has 2 aromatic carbocycles. The van der Waals surface area contributed by atoms with E-state index in [0.29, 0.717) is 36.9 Å². The minimum absolute atomic E-state index is 0.288. The zero-order valence-electron chi connectivity index (χ0n) is 19.5. The van der Waals surface area contributed by atoms with Crippen LogP contribution in [0.15, 0.2) is 36.4 Å². The zero-order valence-corrected chi connectivity index (χ0v) is 19.5. The van der Waals surface area contributed by atoms with E-state index in [2.05, 4.69) is 9.80 Å². The third kappa shape index (κ3) is 5.08. The SMILES string of the molecule is COc1ccc2c(c1)OC(C(O)CN1CCN(C(C(N)=O)c3c(C)cccc3C)CC1)CO2. The van der Waals surface area contributed by atoms with Crippen molar-refractivity contribution >= 4 is 5.91 Å². The summed E-state index contributed by atoms with van der Waals surface area (Å²) in [6.07, 6.45) is -1.17. The summed E-state index contributed by atoms with van der Waals surface area (Å²) in [6.45, 7) is 7.62. The molecule has 3 atom stereocenters. The molecule has 2 heterocycles. The molecule has 2 aromatic rings. The number of ether oxygens (including phenoxy) is 3. The van der Waals surface area contributed by atoms with Gasteiger partial charge in [0, 0.05) is 38.8 Å². The molecule has 0 spiro atoms. The van der Waals surface area contributed by atoms with Crippen molar-refractivity contribution < 1.29 is 24.1 Å². The maximum absolute atomic E-state index is 12.4. The average molecular weight is 456 g/mol. The molecule has 1 saturated heterocycles. The van der Waals surface area contributed by atoms with Gasteiger partial charge in [-0.05, 0) is 42.7 Å². The van der Waals surface area contributed by atoms with Gasteiger partial charge in [0.25, 0.3) is 0 Å². The summed E-state index contributed by atoms with van der Waals surface area (Å²) in [5, 5.41) is 10.8. The van der Waals surface area contributed by atoms with Crippen molar-refractivity contribution in [3.05, 3.63) is 53.1 Å². The van der Waals surface area contributed by atoms with Gasteiger partial charge in [0.05, 0.1) is 7.11 Å². The minimum atomic E-state index is -0.707. The number of hydrogen-bond acceptors (Lipinski definition) is 7. The molecule has 0 aromatic heterocycles. The molecule has 8 heteroatoms.